The van der Waals surface area contributed by atoms with E-state index in [0.29, 0.717) is 19.6 Å². The highest BCUT2D eigenvalue weighted by atomic mass is 16.5. The number of amides is 2. The Hall–Kier alpha value is -2.12. The molecule has 2 amide bonds. The van der Waals surface area contributed by atoms with Gasteiger partial charge in [0.1, 0.15) is 6.04 Å². The van der Waals surface area contributed by atoms with E-state index in [-0.39, 0.29) is 24.2 Å². The third kappa shape index (κ3) is 4.34. The number of ether oxygens (including phenoxy) is 2. The van der Waals surface area contributed by atoms with Gasteiger partial charge < -0.3 is 24.8 Å². The van der Waals surface area contributed by atoms with E-state index >= 15 is 0 Å². The molecule has 2 fully saturated rings. The molecular formula is C19H26N2O5. The number of hydrogen-bond acceptors (Lipinski definition) is 4. The number of nitrogens with one attached hydrogen (secondary N) is 1. The third-order valence-electron chi connectivity index (χ3n) is 5.28. The summed E-state index contributed by atoms with van der Waals surface area (Å²) in [5, 5.41) is 11.2. The van der Waals surface area contributed by atoms with Gasteiger partial charge in [0.05, 0.1) is 24.9 Å². The zero-order chi connectivity index (χ0) is 18.5. The highest BCUT2D eigenvalue weighted by Gasteiger charge is 2.42. The molecule has 1 aromatic rings. The molecule has 2 aliphatic rings. The fraction of sp³-hybridized carbons (Fsp3) is 0.579. The lowest BCUT2D eigenvalue weighted by Gasteiger charge is -2.40. The number of rotatable bonds is 6. The molecule has 1 heterocycles. The summed E-state index contributed by atoms with van der Waals surface area (Å²) >= 11 is 0. The van der Waals surface area contributed by atoms with Crippen LogP contribution in [0.15, 0.2) is 30.3 Å². The monoisotopic (exact) mass is 362 g/mol. The van der Waals surface area contributed by atoms with Gasteiger partial charge >= 0.3 is 6.09 Å². The minimum absolute atomic E-state index is 0.0235. The van der Waals surface area contributed by atoms with Gasteiger partial charge in [-0.3, -0.25) is 4.79 Å². The molecule has 0 bridgehead atoms. The molecule has 7 nitrogen and oxygen atoms in total. The van der Waals surface area contributed by atoms with Crippen molar-refractivity contribution in [2.24, 2.45) is 0 Å². The molecule has 1 saturated heterocycles. The van der Waals surface area contributed by atoms with E-state index in [1.807, 2.05) is 30.3 Å². The van der Waals surface area contributed by atoms with Gasteiger partial charge in [0.15, 0.2) is 0 Å². The predicted molar refractivity (Wildman–Crippen MR) is 94.7 cm³/mol. The molecule has 0 aromatic heterocycles. The summed E-state index contributed by atoms with van der Waals surface area (Å²) < 4.78 is 11.7. The van der Waals surface area contributed by atoms with Gasteiger partial charge in [-0.1, -0.05) is 30.3 Å². The molecule has 0 spiro atoms. The SMILES string of the molecule is CO[C@@H]1C[C@@H](OCc2ccccc2)CC[C@@H]1N1CC[C@H](NC(=O)O)C1=O. The first-order valence-corrected chi connectivity index (χ1v) is 9.06. The molecule has 3 rings (SSSR count). The largest absolute Gasteiger partial charge is 0.465 e. The van der Waals surface area contributed by atoms with Crippen LogP contribution >= 0.6 is 0 Å². The summed E-state index contributed by atoms with van der Waals surface area (Å²) in [6.45, 7) is 1.13. The first-order valence-electron chi connectivity index (χ1n) is 9.06. The lowest BCUT2D eigenvalue weighted by Crippen LogP contribution is -2.52. The van der Waals surface area contributed by atoms with Crippen LogP contribution in [0.25, 0.3) is 0 Å². The minimum atomic E-state index is -1.16. The van der Waals surface area contributed by atoms with Crippen LogP contribution in [-0.4, -0.2) is 60.0 Å². The molecule has 1 saturated carbocycles. The van der Waals surface area contributed by atoms with Gasteiger partial charge in [0, 0.05) is 20.1 Å². The minimum Gasteiger partial charge on any atom is -0.465 e. The van der Waals surface area contributed by atoms with Crippen LogP contribution in [0, 0.1) is 0 Å². The second kappa shape index (κ2) is 8.51. The topological polar surface area (TPSA) is 88.1 Å². The quantitative estimate of drug-likeness (QED) is 0.808. The number of carboxylic acid groups (broad SMARTS) is 1. The van der Waals surface area contributed by atoms with Crippen molar-refractivity contribution in [3.63, 3.8) is 0 Å². The Balaban J connectivity index is 1.55. The Morgan fingerprint density at radius 1 is 1.27 bits per heavy atom. The lowest BCUT2D eigenvalue weighted by atomic mass is 9.89. The molecular weight excluding hydrogens is 336 g/mol. The van der Waals surface area contributed by atoms with Crippen LogP contribution in [-0.2, 0) is 20.9 Å². The van der Waals surface area contributed by atoms with E-state index < -0.39 is 12.1 Å². The van der Waals surface area contributed by atoms with Crippen molar-refractivity contribution in [2.75, 3.05) is 13.7 Å². The van der Waals surface area contributed by atoms with Gasteiger partial charge in [-0.05, 0) is 24.8 Å². The van der Waals surface area contributed by atoms with Crippen molar-refractivity contribution in [2.45, 2.75) is 56.6 Å². The number of carbonyl (C=O) groups excluding carboxylic acids is 1. The summed E-state index contributed by atoms with van der Waals surface area (Å²) in [6.07, 6.45) is 1.73. The van der Waals surface area contributed by atoms with E-state index in [4.69, 9.17) is 14.6 Å². The Morgan fingerprint density at radius 3 is 2.73 bits per heavy atom. The van der Waals surface area contributed by atoms with Crippen molar-refractivity contribution in [3.8, 4) is 0 Å². The molecule has 26 heavy (non-hydrogen) atoms. The van der Waals surface area contributed by atoms with Crippen LogP contribution in [0.5, 0.6) is 0 Å². The average Bonchev–Trinajstić information content (AvgIpc) is 3.00. The number of benzene rings is 1. The Bertz CT molecular complexity index is 624. The maximum atomic E-state index is 12.5. The van der Waals surface area contributed by atoms with Gasteiger partial charge in [-0.2, -0.15) is 0 Å². The maximum absolute atomic E-state index is 12.5. The van der Waals surface area contributed by atoms with E-state index in [0.717, 1.165) is 24.8 Å². The summed E-state index contributed by atoms with van der Waals surface area (Å²) in [6, 6.07) is 9.38. The van der Waals surface area contributed by atoms with E-state index in [9.17, 15) is 9.59 Å². The van der Waals surface area contributed by atoms with E-state index in [2.05, 4.69) is 5.32 Å². The Morgan fingerprint density at radius 2 is 2.04 bits per heavy atom. The van der Waals surface area contributed by atoms with E-state index in [1.165, 1.54) is 0 Å². The molecule has 0 unspecified atom stereocenters. The zero-order valence-electron chi connectivity index (χ0n) is 15.0. The smallest absolute Gasteiger partial charge is 0.405 e. The van der Waals surface area contributed by atoms with Crippen molar-refractivity contribution >= 4 is 12.0 Å². The standard InChI is InChI=1S/C19H26N2O5/c1-25-17-11-14(26-12-13-5-3-2-4-6-13)7-8-16(17)21-10-9-15(18(21)22)20-19(23)24/h2-6,14-17,20H,7-12H2,1H3,(H,23,24)/t14-,15-,16-,17+/m0/s1. The van der Waals surface area contributed by atoms with Crippen molar-refractivity contribution in [1.82, 2.24) is 10.2 Å². The number of hydrogen-bond donors (Lipinski definition) is 2. The van der Waals surface area contributed by atoms with Crippen LogP contribution in [0.2, 0.25) is 0 Å². The molecule has 1 aromatic carbocycles. The lowest BCUT2D eigenvalue weighted by molar-refractivity contribution is -0.138. The summed E-state index contributed by atoms with van der Waals surface area (Å²) in [5.41, 5.74) is 1.14. The highest BCUT2D eigenvalue weighted by molar-refractivity contribution is 5.87. The first kappa shape index (κ1) is 18.7. The van der Waals surface area contributed by atoms with Crippen LogP contribution in [0.1, 0.15) is 31.2 Å². The number of nitrogens with zero attached hydrogens (tertiary/aromatic N) is 1. The molecule has 142 valence electrons. The average molecular weight is 362 g/mol. The predicted octanol–water partition coefficient (Wildman–Crippen LogP) is 2.01. The van der Waals surface area contributed by atoms with Crippen molar-refractivity contribution in [3.05, 3.63) is 35.9 Å². The third-order valence-corrected chi connectivity index (χ3v) is 5.28. The molecule has 7 heteroatoms. The molecule has 4 atom stereocenters. The summed E-state index contributed by atoms with van der Waals surface area (Å²) in [7, 11) is 1.66. The Kier molecular flexibility index (Phi) is 6.11. The Labute approximate surface area is 153 Å². The summed E-state index contributed by atoms with van der Waals surface area (Å²) in [5.74, 6) is -0.150. The molecule has 2 N–H and O–H groups in total. The molecule has 1 aliphatic heterocycles. The second-order valence-electron chi connectivity index (χ2n) is 6.90. The van der Waals surface area contributed by atoms with Gasteiger partial charge in [0.25, 0.3) is 0 Å². The fourth-order valence-corrected chi connectivity index (χ4v) is 3.94. The van der Waals surface area contributed by atoms with Crippen LogP contribution < -0.4 is 5.32 Å². The van der Waals surface area contributed by atoms with Crippen molar-refractivity contribution in [1.29, 1.82) is 0 Å². The van der Waals surface area contributed by atoms with E-state index in [1.54, 1.807) is 12.0 Å². The zero-order valence-corrected chi connectivity index (χ0v) is 15.0. The molecule has 0 radical (unpaired) electrons. The summed E-state index contributed by atoms with van der Waals surface area (Å²) in [4.78, 5) is 25.1. The fourth-order valence-electron chi connectivity index (χ4n) is 3.94. The number of likely N-dealkylation sites (tertiary alicyclic amines) is 1. The first-order chi connectivity index (χ1) is 12.6. The van der Waals surface area contributed by atoms with Gasteiger partial charge in [-0.15, -0.1) is 0 Å². The van der Waals surface area contributed by atoms with Crippen LogP contribution in [0.4, 0.5) is 4.79 Å². The highest BCUT2D eigenvalue weighted by Crippen LogP contribution is 2.30. The molecule has 1 aliphatic carbocycles. The maximum Gasteiger partial charge on any atom is 0.405 e. The normalized spacial score (nSPS) is 29.0. The number of methoxy groups -OCH3 is 1. The van der Waals surface area contributed by atoms with Gasteiger partial charge in [-0.25, -0.2) is 4.79 Å². The second-order valence-corrected chi connectivity index (χ2v) is 6.90. The van der Waals surface area contributed by atoms with Crippen molar-refractivity contribution < 1.29 is 24.2 Å². The van der Waals surface area contributed by atoms with Gasteiger partial charge in [0.2, 0.25) is 5.91 Å². The number of carbonyl (C=O) groups is 2. The van der Waals surface area contributed by atoms with Crippen LogP contribution in [0.3, 0.4) is 0 Å².